The fraction of sp³-hybridized carbons (Fsp3) is 0.462. The second kappa shape index (κ2) is 10.4. The van der Waals surface area contributed by atoms with Crippen molar-refractivity contribution in [1.29, 1.82) is 0 Å². The first-order valence-corrected chi connectivity index (χ1v) is 7.01. The minimum Gasteiger partial charge on any atom is -0.473 e. The van der Waals surface area contributed by atoms with Crippen molar-refractivity contribution in [3.8, 4) is 0 Å². The van der Waals surface area contributed by atoms with Gasteiger partial charge in [0.1, 0.15) is 0 Å². The highest BCUT2D eigenvalue weighted by atomic mass is 32.2. The summed E-state index contributed by atoms with van der Waals surface area (Å²) in [5.41, 5.74) is 1.39. The van der Waals surface area contributed by atoms with Crippen molar-refractivity contribution in [3.63, 3.8) is 0 Å². The number of carboxylic acid groups (broad SMARTS) is 2. The molecule has 19 heavy (non-hydrogen) atoms. The van der Waals surface area contributed by atoms with Crippen LogP contribution >= 0.6 is 11.8 Å². The van der Waals surface area contributed by atoms with Crippen molar-refractivity contribution >= 4 is 23.7 Å². The molecular weight excluding hydrogens is 266 g/mol. The predicted molar refractivity (Wildman–Crippen MR) is 75.4 cm³/mol. The van der Waals surface area contributed by atoms with Crippen molar-refractivity contribution < 1.29 is 19.8 Å². The van der Waals surface area contributed by atoms with Crippen LogP contribution in [0.3, 0.4) is 0 Å². The van der Waals surface area contributed by atoms with Crippen LogP contribution in [0.4, 0.5) is 0 Å². The lowest BCUT2D eigenvalue weighted by molar-refractivity contribution is -0.159. The molecule has 0 spiro atoms. The van der Waals surface area contributed by atoms with E-state index in [0.29, 0.717) is 0 Å². The summed E-state index contributed by atoms with van der Waals surface area (Å²) in [6, 6.07) is 4.19. The molecule has 0 fully saturated rings. The lowest BCUT2D eigenvalue weighted by Crippen LogP contribution is -2.09. The Morgan fingerprint density at radius 2 is 1.74 bits per heavy atom. The van der Waals surface area contributed by atoms with Gasteiger partial charge in [-0.15, -0.1) is 0 Å². The molecule has 1 heterocycles. The van der Waals surface area contributed by atoms with Gasteiger partial charge in [-0.25, -0.2) is 9.59 Å². The smallest absolute Gasteiger partial charge is 0.414 e. The molecule has 0 aliphatic heterocycles. The van der Waals surface area contributed by atoms with Gasteiger partial charge in [0.2, 0.25) is 0 Å². The Morgan fingerprint density at radius 1 is 1.21 bits per heavy atom. The summed E-state index contributed by atoms with van der Waals surface area (Å²) < 4.78 is 0. The summed E-state index contributed by atoms with van der Waals surface area (Å²) >= 11 is 2.04. The number of aromatic nitrogens is 1. The van der Waals surface area contributed by atoms with Gasteiger partial charge in [0.05, 0.1) is 0 Å². The predicted octanol–water partition coefficient (Wildman–Crippen LogP) is 2.17. The number of hydrogen-bond donors (Lipinski definition) is 2. The molecule has 106 valence electrons. The standard InChI is InChI=1S/C11H17NS.C2H2O4/c1-10(2)9-13-8-5-11-3-6-12-7-4-11;3-1(4)2(5)6/h3-4,6-7,10H,5,8-9H2,1-2H3;(H,3,4)(H,5,6). The van der Waals surface area contributed by atoms with Crippen molar-refractivity contribution in [2.45, 2.75) is 20.3 Å². The molecule has 1 aromatic heterocycles. The molecule has 1 rings (SSSR count). The van der Waals surface area contributed by atoms with Crippen LogP contribution < -0.4 is 0 Å². The van der Waals surface area contributed by atoms with Gasteiger partial charge < -0.3 is 10.2 Å². The summed E-state index contributed by atoms with van der Waals surface area (Å²) in [6.45, 7) is 4.53. The molecular formula is C13H19NO4S. The molecule has 0 aromatic carbocycles. The Kier molecular flexibility index (Phi) is 9.52. The van der Waals surface area contributed by atoms with E-state index in [1.54, 1.807) is 0 Å². The van der Waals surface area contributed by atoms with Crippen molar-refractivity contribution in [2.75, 3.05) is 11.5 Å². The largest absolute Gasteiger partial charge is 0.473 e. The summed E-state index contributed by atoms with van der Waals surface area (Å²) in [5.74, 6) is -0.347. The molecule has 0 saturated heterocycles. The number of thioether (sulfide) groups is 1. The van der Waals surface area contributed by atoms with Crippen LogP contribution in [0.15, 0.2) is 24.5 Å². The fourth-order valence-corrected chi connectivity index (χ4v) is 2.08. The number of aliphatic carboxylic acids is 2. The van der Waals surface area contributed by atoms with Crippen LogP contribution in [0, 0.1) is 5.92 Å². The first kappa shape index (κ1) is 17.4. The third kappa shape index (κ3) is 11.3. The number of rotatable bonds is 5. The number of nitrogens with zero attached hydrogens (tertiary/aromatic N) is 1. The molecule has 1 aromatic rings. The molecule has 0 aliphatic carbocycles. The normalized spacial score (nSPS) is 9.63. The van der Waals surface area contributed by atoms with Crippen LogP contribution in [0.5, 0.6) is 0 Å². The third-order valence-corrected chi connectivity index (χ3v) is 3.31. The van der Waals surface area contributed by atoms with Crippen LogP contribution in [0.2, 0.25) is 0 Å². The van der Waals surface area contributed by atoms with E-state index in [4.69, 9.17) is 19.8 Å². The minimum atomic E-state index is -1.82. The monoisotopic (exact) mass is 285 g/mol. The maximum Gasteiger partial charge on any atom is 0.414 e. The van der Waals surface area contributed by atoms with Gasteiger partial charge in [-0.3, -0.25) is 4.98 Å². The van der Waals surface area contributed by atoms with E-state index in [0.717, 1.165) is 5.92 Å². The molecule has 0 aliphatic rings. The van der Waals surface area contributed by atoms with E-state index in [-0.39, 0.29) is 0 Å². The van der Waals surface area contributed by atoms with Crippen molar-refractivity contribution in [3.05, 3.63) is 30.1 Å². The van der Waals surface area contributed by atoms with E-state index in [9.17, 15) is 0 Å². The summed E-state index contributed by atoms with van der Waals surface area (Å²) in [5, 5.41) is 14.8. The topological polar surface area (TPSA) is 87.5 Å². The number of aryl methyl sites for hydroxylation is 1. The Hall–Kier alpha value is -1.56. The Labute approximate surface area is 117 Å². The van der Waals surface area contributed by atoms with E-state index >= 15 is 0 Å². The maximum absolute atomic E-state index is 9.10. The highest BCUT2D eigenvalue weighted by Crippen LogP contribution is 2.10. The first-order chi connectivity index (χ1) is 8.93. The Morgan fingerprint density at radius 3 is 2.16 bits per heavy atom. The average Bonchev–Trinajstić information content (AvgIpc) is 2.36. The van der Waals surface area contributed by atoms with E-state index in [2.05, 4.69) is 31.0 Å². The van der Waals surface area contributed by atoms with E-state index in [1.807, 2.05) is 24.2 Å². The zero-order valence-electron chi connectivity index (χ0n) is 11.1. The molecule has 2 N–H and O–H groups in total. The lowest BCUT2D eigenvalue weighted by Gasteiger charge is -2.03. The van der Waals surface area contributed by atoms with Crippen LogP contribution in [0.25, 0.3) is 0 Å². The zero-order valence-corrected chi connectivity index (χ0v) is 11.9. The fourth-order valence-electron chi connectivity index (χ4n) is 1.06. The molecule has 0 atom stereocenters. The zero-order chi connectivity index (χ0) is 14.7. The molecule has 0 amide bonds. The quantitative estimate of drug-likeness (QED) is 0.637. The number of hydrogen-bond acceptors (Lipinski definition) is 4. The van der Waals surface area contributed by atoms with Crippen molar-refractivity contribution in [1.82, 2.24) is 4.98 Å². The number of pyridine rings is 1. The molecule has 5 nitrogen and oxygen atoms in total. The van der Waals surface area contributed by atoms with Crippen LogP contribution in [0.1, 0.15) is 19.4 Å². The average molecular weight is 285 g/mol. The maximum atomic E-state index is 9.10. The van der Waals surface area contributed by atoms with Gasteiger partial charge in [0, 0.05) is 12.4 Å². The van der Waals surface area contributed by atoms with Gasteiger partial charge in [-0.1, -0.05) is 13.8 Å². The van der Waals surface area contributed by atoms with E-state index < -0.39 is 11.9 Å². The second-order valence-corrected chi connectivity index (χ2v) is 5.33. The minimum absolute atomic E-state index is 0.808. The highest BCUT2D eigenvalue weighted by molar-refractivity contribution is 7.99. The van der Waals surface area contributed by atoms with E-state index in [1.165, 1.54) is 23.5 Å². The van der Waals surface area contributed by atoms with Gasteiger partial charge in [0.25, 0.3) is 0 Å². The molecule has 0 unspecified atom stereocenters. The molecule has 6 heteroatoms. The van der Waals surface area contributed by atoms with Gasteiger partial charge in [0.15, 0.2) is 0 Å². The Balaban J connectivity index is 0.000000459. The number of carbonyl (C=O) groups is 2. The van der Waals surface area contributed by atoms with Gasteiger partial charge in [-0.05, 0) is 41.5 Å². The SMILES string of the molecule is CC(C)CSCCc1ccncc1.O=C(O)C(=O)O. The van der Waals surface area contributed by atoms with Crippen LogP contribution in [-0.4, -0.2) is 38.6 Å². The summed E-state index contributed by atoms with van der Waals surface area (Å²) in [4.78, 5) is 22.2. The first-order valence-electron chi connectivity index (χ1n) is 5.86. The summed E-state index contributed by atoms with van der Waals surface area (Å²) in [7, 11) is 0. The van der Waals surface area contributed by atoms with Crippen molar-refractivity contribution in [2.24, 2.45) is 5.92 Å². The third-order valence-electron chi connectivity index (χ3n) is 1.92. The second-order valence-electron chi connectivity index (χ2n) is 4.18. The highest BCUT2D eigenvalue weighted by Gasteiger charge is 2.04. The van der Waals surface area contributed by atoms with Crippen LogP contribution in [-0.2, 0) is 16.0 Å². The molecule has 0 radical (unpaired) electrons. The lowest BCUT2D eigenvalue weighted by atomic mass is 10.2. The van der Waals surface area contributed by atoms with Gasteiger partial charge >= 0.3 is 11.9 Å². The molecule has 0 bridgehead atoms. The van der Waals surface area contributed by atoms with Gasteiger partial charge in [-0.2, -0.15) is 11.8 Å². The summed E-state index contributed by atoms with van der Waals surface area (Å²) in [6.07, 6.45) is 4.89. The number of carboxylic acids is 2. The molecule has 0 saturated carbocycles. The Bertz CT molecular complexity index is 369.